The van der Waals surface area contributed by atoms with Gasteiger partial charge < -0.3 is 19.6 Å². The van der Waals surface area contributed by atoms with E-state index >= 15 is 0 Å². The van der Waals surface area contributed by atoms with E-state index in [9.17, 15) is 14.4 Å². The van der Waals surface area contributed by atoms with Gasteiger partial charge in [-0.25, -0.2) is 9.78 Å². The van der Waals surface area contributed by atoms with Gasteiger partial charge in [-0.15, -0.1) is 0 Å². The number of pyridine rings is 1. The zero-order valence-electron chi connectivity index (χ0n) is 14.5. The predicted octanol–water partition coefficient (Wildman–Crippen LogP) is 1.02. The molecule has 0 aromatic carbocycles. The Kier molecular flexibility index (Phi) is 6.32. The van der Waals surface area contributed by atoms with Crippen LogP contribution in [0.1, 0.15) is 30.3 Å². The standard InChI is InChI=1S/C17H23N3O5/c1-3-25-17(24)12-6-5-9-20(10-12)15(21)11-19(2)14-8-4-7-13(18-14)16(22)23/h4,7-8,12H,3,5-6,9-11H2,1-2H3,(H,22,23). The molecule has 1 fully saturated rings. The van der Waals surface area contributed by atoms with Crippen LogP contribution in [0.4, 0.5) is 5.82 Å². The molecule has 1 atom stereocenters. The summed E-state index contributed by atoms with van der Waals surface area (Å²) in [7, 11) is 1.68. The summed E-state index contributed by atoms with van der Waals surface area (Å²) in [5, 5.41) is 9.00. The quantitative estimate of drug-likeness (QED) is 0.765. The molecule has 1 aliphatic heterocycles. The maximum absolute atomic E-state index is 12.5. The van der Waals surface area contributed by atoms with Crippen molar-refractivity contribution in [2.45, 2.75) is 19.8 Å². The van der Waals surface area contributed by atoms with Gasteiger partial charge in [-0.05, 0) is 31.9 Å². The number of anilines is 1. The van der Waals surface area contributed by atoms with Crippen LogP contribution in [0.3, 0.4) is 0 Å². The Bertz CT molecular complexity index is 649. The average Bonchev–Trinajstić information content (AvgIpc) is 2.62. The number of aromatic nitrogens is 1. The molecule has 0 aliphatic carbocycles. The van der Waals surface area contributed by atoms with E-state index in [1.165, 1.54) is 6.07 Å². The molecule has 2 rings (SSSR count). The number of esters is 1. The number of carboxylic acid groups (broad SMARTS) is 1. The summed E-state index contributed by atoms with van der Waals surface area (Å²) in [6.45, 7) is 3.11. The maximum Gasteiger partial charge on any atom is 0.354 e. The normalized spacial score (nSPS) is 17.0. The van der Waals surface area contributed by atoms with E-state index in [1.807, 2.05) is 0 Å². The van der Waals surface area contributed by atoms with Gasteiger partial charge in [0.15, 0.2) is 5.69 Å². The Morgan fingerprint density at radius 3 is 2.84 bits per heavy atom. The minimum atomic E-state index is -1.12. The molecule has 1 aromatic heterocycles. The second-order valence-electron chi connectivity index (χ2n) is 5.97. The van der Waals surface area contributed by atoms with Crippen molar-refractivity contribution in [3.63, 3.8) is 0 Å². The van der Waals surface area contributed by atoms with Crippen molar-refractivity contribution in [2.75, 3.05) is 38.2 Å². The van der Waals surface area contributed by atoms with E-state index in [0.29, 0.717) is 25.5 Å². The van der Waals surface area contributed by atoms with Crippen molar-refractivity contribution in [1.82, 2.24) is 9.88 Å². The highest BCUT2D eigenvalue weighted by atomic mass is 16.5. The third-order valence-electron chi connectivity index (χ3n) is 4.11. The smallest absolute Gasteiger partial charge is 0.354 e. The van der Waals surface area contributed by atoms with Crippen molar-refractivity contribution >= 4 is 23.7 Å². The summed E-state index contributed by atoms with van der Waals surface area (Å²) in [6.07, 6.45) is 1.48. The molecule has 25 heavy (non-hydrogen) atoms. The number of likely N-dealkylation sites (tertiary alicyclic amines) is 1. The van der Waals surface area contributed by atoms with Crippen molar-refractivity contribution in [1.29, 1.82) is 0 Å². The van der Waals surface area contributed by atoms with Crippen LogP contribution < -0.4 is 4.90 Å². The second-order valence-corrected chi connectivity index (χ2v) is 5.97. The van der Waals surface area contributed by atoms with Crippen molar-refractivity contribution in [3.05, 3.63) is 23.9 Å². The Labute approximate surface area is 146 Å². The number of carbonyl (C=O) groups excluding carboxylic acids is 2. The number of amides is 1. The molecule has 0 bridgehead atoms. The van der Waals surface area contributed by atoms with Gasteiger partial charge in [0.2, 0.25) is 5.91 Å². The first-order valence-electron chi connectivity index (χ1n) is 8.28. The highest BCUT2D eigenvalue weighted by Crippen LogP contribution is 2.19. The first-order chi connectivity index (χ1) is 11.9. The zero-order valence-corrected chi connectivity index (χ0v) is 14.5. The number of aromatic carboxylic acids is 1. The molecule has 1 N–H and O–H groups in total. The van der Waals surface area contributed by atoms with Crippen molar-refractivity contribution in [3.8, 4) is 0 Å². The topological polar surface area (TPSA) is 100 Å². The highest BCUT2D eigenvalue weighted by Gasteiger charge is 2.29. The fourth-order valence-corrected chi connectivity index (χ4v) is 2.80. The summed E-state index contributed by atoms with van der Waals surface area (Å²) < 4.78 is 5.04. The molecule has 8 nitrogen and oxygen atoms in total. The van der Waals surface area contributed by atoms with Gasteiger partial charge in [-0.2, -0.15) is 0 Å². The van der Waals surface area contributed by atoms with Crippen LogP contribution in [0.15, 0.2) is 18.2 Å². The fraction of sp³-hybridized carbons (Fsp3) is 0.529. The molecule has 1 unspecified atom stereocenters. The summed E-state index contributed by atoms with van der Waals surface area (Å²) in [5.74, 6) is -1.37. The SMILES string of the molecule is CCOC(=O)C1CCCN(C(=O)CN(C)c2cccc(C(=O)O)n2)C1. The molecule has 0 radical (unpaired) electrons. The van der Waals surface area contributed by atoms with Gasteiger partial charge in [-0.3, -0.25) is 9.59 Å². The van der Waals surface area contributed by atoms with E-state index in [1.54, 1.807) is 35.9 Å². The van der Waals surface area contributed by atoms with E-state index in [0.717, 1.165) is 12.8 Å². The lowest BCUT2D eigenvalue weighted by Gasteiger charge is -2.32. The molecular formula is C17H23N3O5. The van der Waals surface area contributed by atoms with Crippen LogP contribution in [-0.2, 0) is 14.3 Å². The number of hydrogen-bond acceptors (Lipinski definition) is 6. The molecular weight excluding hydrogens is 326 g/mol. The van der Waals surface area contributed by atoms with Crippen LogP contribution >= 0.6 is 0 Å². The van der Waals surface area contributed by atoms with Gasteiger partial charge in [-0.1, -0.05) is 6.07 Å². The van der Waals surface area contributed by atoms with E-state index in [4.69, 9.17) is 9.84 Å². The Morgan fingerprint density at radius 1 is 1.40 bits per heavy atom. The summed E-state index contributed by atoms with van der Waals surface area (Å²) in [4.78, 5) is 42.7. The molecule has 1 saturated heterocycles. The first kappa shape index (κ1) is 18.7. The zero-order chi connectivity index (χ0) is 18.4. The number of piperidine rings is 1. The summed E-state index contributed by atoms with van der Waals surface area (Å²) >= 11 is 0. The predicted molar refractivity (Wildman–Crippen MR) is 90.4 cm³/mol. The van der Waals surface area contributed by atoms with Gasteiger partial charge in [0.05, 0.1) is 19.1 Å². The number of carbonyl (C=O) groups is 3. The lowest BCUT2D eigenvalue weighted by Crippen LogP contribution is -2.46. The number of rotatable bonds is 6. The third-order valence-corrected chi connectivity index (χ3v) is 4.11. The highest BCUT2D eigenvalue weighted by molar-refractivity contribution is 5.86. The van der Waals surface area contributed by atoms with Gasteiger partial charge in [0.25, 0.3) is 0 Å². The molecule has 2 heterocycles. The van der Waals surface area contributed by atoms with Crippen LogP contribution in [0.5, 0.6) is 0 Å². The average molecular weight is 349 g/mol. The summed E-state index contributed by atoms with van der Waals surface area (Å²) in [5.41, 5.74) is -0.0721. The Balaban J connectivity index is 1.97. The lowest BCUT2D eigenvalue weighted by atomic mass is 9.98. The number of ether oxygens (including phenoxy) is 1. The molecule has 0 spiro atoms. The van der Waals surface area contributed by atoms with Crippen LogP contribution in [0.2, 0.25) is 0 Å². The third kappa shape index (κ3) is 4.91. The number of nitrogens with zero attached hydrogens (tertiary/aromatic N) is 3. The molecule has 136 valence electrons. The minimum absolute atomic E-state index is 0.0611. The van der Waals surface area contributed by atoms with Gasteiger partial charge in [0, 0.05) is 20.1 Å². The molecule has 1 amide bonds. The Morgan fingerprint density at radius 2 is 2.16 bits per heavy atom. The van der Waals surface area contributed by atoms with Gasteiger partial charge in [0.1, 0.15) is 5.82 Å². The maximum atomic E-state index is 12.5. The van der Waals surface area contributed by atoms with Crippen LogP contribution in [0.25, 0.3) is 0 Å². The van der Waals surface area contributed by atoms with Crippen molar-refractivity contribution < 1.29 is 24.2 Å². The van der Waals surface area contributed by atoms with E-state index in [2.05, 4.69) is 4.98 Å². The minimum Gasteiger partial charge on any atom is -0.477 e. The van der Waals surface area contributed by atoms with Gasteiger partial charge >= 0.3 is 11.9 Å². The number of likely N-dealkylation sites (N-methyl/N-ethyl adjacent to an activating group) is 1. The monoisotopic (exact) mass is 349 g/mol. The molecule has 0 saturated carbocycles. The fourth-order valence-electron chi connectivity index (χ4n) is 2.80. The van der Waals surface area contributed by atoms with Crippen LogP contribution in [0, 0.1) is 5.92 Å². The molecule has 8 heteroatoms. The first-order valence-corrected chi connectivity index (χ1v) is 8.28. The molecule has 1 aliphatic rings. The Hall–Kier alpha value is -2.64. The number of carboxylic acids is 1. The van der Waals surface area contributed by atoms with Crippen LogP contribution in [-0.4, -0.2) is 66.1 Å². The second kappa shape index (κ2) is 8.46. The van der Waals surface area contributed by atoms with E-state index < -0.39 is 5.97 Å². The number of hydrogen-bond donors (Lipinski definition) is 1. The van der Waals surface area contributed by atoms with E-state index in [-0.39, 0.29) is 30.0 Å². The lowest BCUT2D eigenvalue weighted by molar-refractivity contribution is -0.151. The van der Waals surface area contributed by atoms with Crippen molar-refractivity contribution in [2.24, 2.45) is 5.92 Å². The molecule has 1 aromatic rings. The summed E-state index contributed by atoms with van der Waals surface area (Å²) in [6, 6.07) is 4.64. The largest absolute Gasteiger partial charge is 0.477 e.